The van der Waals surface area contributed by atoms with Crippen molar-refractivity contribution < 1.29 is 19.1 Å². The first-order valence-electron chi connectivity index (χ1n) is 9.47. The summed E-state index contributed by atoms with van der Waals surface area (Å²) in [6, 6.07) is 21.6. The molecule has 3 N–H and O–H groups in total. The lowest BCUT2D eigenvalue weighted by molar-refractivity contribution is -0.123. The van der Waals surface area contributed by atoms with Crippen molar-refractivity contribution in [3.05, 3.63) is 83.9 Å². The second-order valence-corrected chi connectivity index (χ2v) is 6.56. The minimum absolute atomic E-state index is 0.257. The summed E-state index contributed by atoms with van der Waals surface area (Å²) in [5.74, 6) is 0.223. The summed E-state index contributed by atoms with van der Waals surface area (Å²) >= 11 is 0. The number of rotatable bonds is 7. The van der Waals surface area contributed by atoms with Gasteiger partial charge < -0.3 is 9.47 Å². The first kappa shape index (κ1) is 19.9. The first-order valence-corrected chi connectivity index (χ1v) is 9.47. The number of nitrogens with one attached hydrogen (secondary N) is 3. The van der Waals surface area contributed by atoms with E-state index in [1.807, 2.05) is 30.3 Å². The van der Waals surface area contributed by atoms with Gasteiger partial charge in [-0.15, -0.1) is 0 Å². The number of nitrogens with zero attached hydrogens (tertiary/aromatic N) is 2. The lowest BCUT2D eigenvalue weighted by Crippen LogP contribution is -2.43. The number of aromatic nitrogens is 3. The number of hydrogen-bond acceptors (Lipinski definition) is 6. The zero-order valence-electron chi connectivity index (χ0n) is 16.4. The average molecular weight is 417 g/mol. The zero-order chi connectivity index (χ0) is 21.5. The lowest BCUT2D eigenvalue weighted by Gasteiger charge is -2.10. The maximum absolute atomic E-state index is 12.2. The number of ether oxygens (including phenoxy) is 2. The third-order valence-electron chi connectivity index (χ3n) is 4.34. The van der Waals surface area contributed by atoms with E-state index in [9.17, 15) is 9.59 Å². The number of fused-ring (bicyclic) bond motifs is 1. The molecule has 0 aliphatic heterocycles. The van der Waals surface area contributed by atoms with E-state index >= 15 is 0 Å². The molecule has 3 aromatic carbocycles. The van der Waals surface area contributed by atoms with Crippen LogP contribution in [0.4, 0.5) is 0 Å². The van der Waals surface area contributed by atoms with Crippen molar-refractivity contribution in [2.24, 2.45) is 0 Å². The molecular formula is C22H19N5O4. The van der Waals surface area contributed by atoms with Crippen LogP contribution < -0.4 is 20.3 Å². The Kier molecular flexibility index (Phi) is 6.03. The molecule has 1 aromatic heterocycles. The van der Waals surface area contributed by atoms with E-state index in [1.165, 1.54) is 0 Å². The number of hydrogen-bond donors (Lipinski definition) is 3. The summed E-state index contributed by atoms with van der Waals surface area (Å²) in [4.78, 5) is 24.1. The van der Waals surface area contributed by atoms with Crippen molar-refractivity contribution in [1.82, 2.24) is 26.3 Å². The molecule has 0 fully saturated rings. The van der Waals surface area contributed by atoms with Crippen LogP contribution in [0.25, 0.3) is 11.0 Å². The Labute approximate surface area is 177 Å². The summed E-state index contributed by atoms with van der Waals surface area (Å²) in [6.45, 7) is 0.208. The van der Waals surface area contributed by atoms with Gasteiger partial charge in [0.1, 0.15) is 29.1 Å². The van der Waals surface area contributed by atoms with Crippen molar-refractivity contribution >= 4 is 22.8 Å². The molecule has 0 atom stereocenters. The molecule has 4 rings (SSSR count). The molecule has 4 aromatic rings. The highest BCUT2D eigenvalue weighted by molar-refractivity contribution is 5.98. The minimum Gasteiger partial charge on any atom is -0.489 e. The van der Waals surface area contributed by atoms with Crippen LogP contribution in [0.5, 0.6) is 11.5 Å². The summed E-state index contributed by atoms with van der Waals surface area (Å²) in [7, 11) is 0. The van der Waals surface area contributed by atoms with Crippen LogP contribution in [-0.2, 0) is 11.4 Å². The van der Waals surface area contributed by atoms with Gasteiger partial charge in [-0.3, -0.25) is 20.4 Å². The summed E-state index contributed by atoms with van der Waals surface area (Å²) in [6.07, 6.45) is 0. The third kappa shape index (κ3) is 5.36. The summed E-state index contributed by atoms with van der Waals surface area (Å²) in [5.41, 5.74) is 7.26. The SMILES string of the molecule is O=C(COc1ccc(OCc2ccccc2)cc1)NNC(=O)c1ccc2n[nH]nc2c1. The maximum Gasteiger partial charge on any atom is 0.276 e. The van der Waals surface area contributed by atoms with E-state index < -0.39 is 11.8 Å². The molecule has 9 heteroatoms. The Hall–Kier alpha value is -4.40. The summed E-state index contributed by atoms with van der Waals surface area (Å²) in [5, 5.41) is 10.3. The van der Waals surface area contributed by atoms with Crippen molar-refractivity contribution in [3.8, 4) is 11.5 Å². The predicted octanol–water partition coefficient (Wildman–Crippen LogP) is 2.38. The Bertz CT molecular complexity index is 1180. The number of benzene rings is 3. The third-order valence-corrected chi connectivity index (χ3v) is 4.34. The van der Waals surface area contributed by atoms with E-state index in [-0.39, 0.29) is 6.61 Å². The van der Waals surface area contributed by atoms with E-state index in [0.29, 0.717) is 34.7 Å². The van der Waals surface area contributed by atoms with Crippen LogP contribution in [0.2, 0.25) is 0 Å². The molecule has 0 aliphatic carbocycles. The van der Waals surface area contributed by atoms with E-state index in [0.717, 1.165) is 5.56 Å². The van der Waals surface area contributed by atoms with Gasteiger partial charge in [-0.2, -0.15) is 15.4 Å². The van der Waals surface area contributed by atoms with E-state index in [4.69, 9.17) is 9.47 Å². The molecule has 0 unspecified atom stereocenters. The fourth-order valence-corrected chi connectivity index (χ4v) is 2.74. The van der Waals surface area contributed by atoms with Crippen LogP contribution in [0.3, 0.4) is 0 Å². The fraction of sp³-hybridized carbons (Fsp3) is 0.0909. The minimum atomic E-state index is -0.500. The van der Waals surface area contributed by atoms with Crippen molar-refractivity contribution in [3.63, 3.8) is 0 Å². The van der Waals surface area contributed by atoms with Gasteiger partial charge in [0.05, 0.1) is 0 Å². The van der Waals surface area contributed by atoms with Crippen molar-refractivity contribution in [2.45, 2.75) is 6.61 Å². The molecule has 156 valence electrons. The van der Waals surface area contributed by atoms with Crippen LogP contribution in [0.15, 0.2) is 72.8 Å². The van der Waals surface area contributed by atoms with Gasteiger partial charge in [-0.1, -0.05) is 30.3 Å². The fourth-order valence-electron chi connectivity index (χ4n) is 2.74. The van der Waals surface area contributed by atoms with Gasteiger partial charge >= 0.3 is 0 Å². The normalized spacial score (nSPS) is 10.5. The Balaban J connectivity index is 1.20. The van der Waals surface area contributed by atoms with Crippen molar-refractivity contribution in [1.29, 1.82) is 0 Å². The number of H-pyrrole nitrogens is 1. The molecule has 9 nitrogen and oxygen atoms in total. The van der Waals surface area contributed by atoms with Crippen LogP contribution >= 0.6 is 0 Å². The molecule has 0 spiro atoms. The number of carbonyl (C=O) groups excluding carboxylic acids is 2. The van der Waals surface area contributed by atoms with Gasteiger partial charge in [-0.05, 0) is 48.0 Å². The number of aromatic amines is 1. The zero-order valence-corrected chi connectivity index (χ0v) is 16.4. The van der Waals surface area contributed by atoms with Gasteiger partial charge in [0.15, 0.2) is 6.61 Å². The second kappa shape index (κ2) is 9.40. The Morgan fingerprint density at radius 2 is 1.52 bits per heavy atom. The topological polar surface area (TPSA) is 118 Å². The molecule has 0 saturated carbocycles. The lowest BCUT2D eigenvalue weighted by atomic mass is 10.2. The second-order valence-electron chi connectivity index (χ2n) is 6.56. The molecule has 1 heterocycles. The summed E-state index contributed by atoms with van der Waals surface area (Å²) < 4.78 is 11.1. The predicted molar refractivity (Wildman–Crippen MR) is 112 cm³/mol. The highest BCUT2D eigenvalue weighted by Gasteiger charge is 2.10. The average Bonchev–Trinajstić information content (AvgIpc) is 3.29. The van der Waals surface area contributed by atoms with E-state index in [2.05, 4.69) is 26.3 Å². The maximum atomic E-state index is 12.2. The standard InChI is InChI=1S/C22H19N5O4/c28-21(25-26-22(29)16-6-11-19-20(12-16)24-27-23-19)14-31-18-9-7-17(8-10-18)30-13-15-4-2-1-3-5-15/h1-12H,13-14H2,(H,25,28)(H,26,29)(H,23,24,27). The van der Waals surface area contributed by atoms with Gasteiger partial charge in [0.2, 0.25) is 0 Å². The largest absolute Gasteiger partial charge is 0.489 e. The Morgan fingerprint density at radius 3 is 2.29 bits per heavy atom. The molecule has 31 heavy (non-hydrogen) atoms. The first-order chi connectivity index (χ1) is 15.2. The smallest absolute Gasteiger partial charge is 0.276 e. The van der Waals surface area contributed by atoms with Crippen LogP contribution in [0.1, 0.15) is 15.9 Å². The van der Waals surface area contributed by atoms with Gasteiger partial charge in [0, 0.05) is 5.56 Å². The van der Waals surface area contributed by atoms with Gasteiger partial charge in [0.25, 0.3) is 11.8 Å². The number of hydrazine groups is 1. The van der Waals surface area contributed by atoms with E-state index in [1.54, 1.807) is 42.5 Å². The molecule has 0 saturated heterocycles. The molecule has 2 amide bonds. The van der Waals surface area contributed by atoms with Crippen LogP contribution in [0, 0.1) is 0 Å². The molecule has 0 aliphatic rings. The molecule has 0 radical (unpaired) electrons. The monoisotopic (exact) mass is 417 g/mol. The molecular weight excluding hydrogens is 398 g/mol. The van der Waals surface area contributed by atoms with Crippen molar-refractivity contribution in [2.75, 3.05) is 6.61 Å². The molecule has 0 bridgehead atoms. The van der Waals surface area contributed by atoms with Crippen LogP contribution in [-0.4, -0.2) is 33.8 Å². The van der Waals surface area contributed by atoms with Gasteiger partial charge in [-0.25, -0.2) is 0 Å². The highest BCUT2D eigenvalue weighted by Crippen LogP contribution is 2.18. The quantitative estimate of drug-likeness (QED) is 0.397. The number of carbonyl (C=O) groups is 2. The highest BCUT2D eigenvalue weighted by atomic mass is 16.5. The number of amides is 2. The Morgan fingerprint density at radius 1 is 0.806 bits per heavy atom.